The van der Waals surface area contributed by atoms with Crippen LogP contribution in [0.5, 0.6) is 0 Å². The average Bonchev–Trinajstić information content (AvgIpc) is 3.30. The Morgan fingerprint density at radius 2 is 2.04 bits per heavy atom. The molecule has 0 spiro atoms. The lowest BCUT2D eigenvalue weighted by Gasteiger charge is -2.28. The van der Waals surface area contributed by atoms with E-state index in [0.717, 1.165) is 53.6 Å². The number of thioether (sulfide) groups is 1. The Bertz CT molecular complexity index is 796. The first-order valence-electron chi connectivity index (χ1n) is 9.16. The highest BCUT2D eigenvalue weighted by atomic mass is 32.2. The topological polar surface area (TPSA) is 33.4 Å². The Balaban J connectivity index is 1.77. The van der Waals surface area contributed by atoms with E-state index in [1.165, 1.54) is 0 Å². The van der Waals surface area contributed by atoms with E-state index in [-0.39, 0.29) is 12.0 Å². The largest absolute Gasteiger partial charge is 0.433 e. The van der Waals surface area contributed by atoms with Gasteiger partial charge in [-0.3, -0.25) is 4.90 Å². The number of aromatic nitrogens is 3. The first-order chi connectivity index (χ1) is 12.3. The molecule has 0 aliphatic carbocycles. The van der Waals surface area contributed by atoms with Crippen molar-refractivity contribution in [1.82, 2.24) is 19.5 Å². The lowest BCUT2D eigenvalue weighted by molar-refractivity contribution is -0.142. The van der Waals surface area contributed by atoms with Gasteiger partial charge in [-0.2, -0.15) is 30.0 Å². The van der Waals surface area contributed by atoms with Crippen LogP contribution in [-0.2, 0) is 6.18 Å². The maximum atomic E-state index is 13.6. The van der Waals surface area contributed by atoms with E-state index in [9.17, 15) is 13.2 Å². The van der Waals surface area contributed by atoms with Crippen molar-refractivity contribution in [2.75, 3.05) is 18.1 Å². The van der Waals surface area contributed by atoms with Gasteiger partial charge in [0.15, 0.2) is 5.65 Å². The summed E-state index contributed by atoms with van der Waals surface area (Å²) in [5, 5.41) is 4.37. The van der Waals surface area contributed by atoms with Gasteiger partial charge in [0.1, 0.15) is 5.69 Å². The van der Waals surface area contributed by atoms with Crippen molar-refractivity contribution in [3.05, 3.63) is 29.2 Å². The van der Waals surface area contributed by atoms with Gasteiger partial charge in [-0.15, -0.1) is 0 Å². The summed E-state index contributed by atoms with van der Waals surface area (Å²) in [6, 6.07) is 3.50. The molecule has 2 aliphatic rings. The lowest BCUT2D eigenvalue weighted by Crippen LogP contribution is -2.34. The van der Waals surface area contributed by atoms with E-state index in [1.807, 2.05) is 25.6 Å². The smallest absolute Gasteiger partial charge is 0.291 e. The molecule has 4 rings (SSSR count). The maximum absolute atomic E-state index is 13.6. The van der Waals surface area contributed by atoms with Crippen LogP contribution in [0.1, 0.15) is 62.2 Å². The first kappa shape index (κ1) is 18.1. The summed E-state index contributed by atoms with van der Waals surface area (Å²) < 4.78 is 41.7. The Hall–Kier alpha value is -1.28. The summed E-state index contributed by atoms with van der Waals surface area (Å²) in [5.41, 5.74) is 0.731. The molecule has 0 unspecified atom stereocenters. The minimum atomic E-state index is -4.45. The molecule has 2 saturated heterocycles. The fraction of sp³-hybridized carbons (Fsp3) is 0.667. The number of hydrogen-bond acceptors (Lipinski definition) is 4. The van der Waals surface area contributed by atoms with Gasteiger partial charge >= 0.3 is 6.18 Å². The number of alkyl halides is 3. The zero-order valence-corrected chi connectivity index (χ0v) is 15.8. The van der Waals surface area contributed by atoms with Gasteiger partial charge in [0.25, 0.3) is 0 Å². The summed E-state index contributed by atoms with van der Waals surface area (Å²) in [7, 11) is 0. The molecule has 0 aromatic carbocycles. The van der Waals surface area contributed by atoms with Gasteiger partial charge in [-0.1, -0.05) is 13.8 Å². The molecule has 0 bridgehead atoms. The van der Waals surface area contributed by atoms with Crippen molar-refractivity contribution in [3.63, 3.8) is 0 Å². The Morgan fingerprint density at radius 3 is 2.69 bits per heavy atom. The van der Waals surface area contributed by atoms with E-state index in [1.54, 1.807) is 6.07 Å². The van der Waals surface area contributed by atoms with Gasteiger partial charge < -0.3 is 0 Å². The van der Waals surface area contributed by atoms with Crippen LogP contribution in [-0.4, -0.2) is 43.6 Å². The average molecular weight is 384 g/mol. The molecule has 8 heteroatoms. The Morgan fingerprint density at radius 1 is 1.23 bits per heavy atom. The Labute approximate surface area is 155 Å². The monoisotopic (exact) mass is 384 g/mol. The van der Waals surface area contributed by atoms with E-state index >= 15 is 0 Å². The van der Waals surface area contributed by atoms with Crippen LogP contribution >= 0.6 is 11.8 Å². The molecule has 142 valence electrons. The number of hydrogen-bond donors (Lipinski definition) is 0. The summed E-state index contributed by atoms with van der Waals surface area (Å²) >= 11 is 1.95. The van der Waals surface area contributed by atoms with Crippen molar-refractivity contribution < 1.29 is 13.2 Å². The highest BCUT2D eigenvalue weighted by Gasteiger charge is 2.38. The molecule has 0 radical (unpaired) electrons. The van der Waals surface area contributed by atoms with Crippen LogP contribution in [0.4, 0.5) is 13.2 Å². The normalized spacial score (nSPS) is 25.0. The third-order valence-electron chi connectivity index (χ3n) is 5.36. The van der Waals surface area contributed by atoms with E-state index < -0.39 is 11.9 Å². The number of fused-ring (bicyclic) bond motifs is 1. The second kappa shape index (κ2) is 6.71. The minimum absolute atomic E-state index is 0.0713. The van der Waals surface area contributed by atoms with Crippen molar-refractivity contribution in [3.8, 4) is 0 Å². The van der Waals surface area contributed by atoms with E-state index in [0.29, 0.717) is 17.4 Å². The third-order valence-corrected chi connectivity index (χ3v) is 6.50. The quantitative estimate of drug-likeness (QED) is 0.779. The summed E-state index contributed by atoms with van der Waals surface area (Å²) in [6.45, 7) is 4.71. The zero-order valence-electron chi connectivity index (χ0n) is 15.0. The molecule has 2 atom stereocenters. The third kappa shape index (κ3) is 3.22. The molecule has 0 amide bonds. The van der Waals surface area contributed by atoms with E-state index in [2.05, 4.69) is 15.0 Å². The highest BCUT2D eigenvalue weighted by Crippen LogP contribution is 2.38. The molecular weight excluding hydrogens is 361 g/mol. The van der Waals surface area contributed by atoms with Crippen molar-refractivity contribution in [2.45, 2.75) is 57.3 Å². The predicted octanol–water partition coefficient (Wildman–Crippen LogP) is 4.51. The second-order valence-corrected chi connectivity index (χ2v) is 8.62. The molecule has 2 aliphatic heterocycles. The van der Waals surface area contributed by atoms with Crippen LogP contribution in [0.15, 0.2) is 12.1 Å². The maximum Gasteiger partial charge on any atom is 0.433 e. The van der Waals surface area contributed by atoms with Gasteiger partial charge in [0.05, 0.1) is 11.7 Å². The number of halogens is 3. The SMILES string of the molecule is CC(C)c1cc(C(F)(F)F)n2nc([C@@H]3CCCN3[C@H]3CCSC3)cc2n1. The van der Waals surface area contributed by atoms with Crippen LogP contribution in [0.25, 0.3) is 5.65 Å². The van der Waals surface area contributed by atoms with Gasteiger partial charge in [-0.05, 0) is 43.5 Å². The van der Waals surface area contributed by atoms with Crippen LogP contribution in [0.2, 0.25) is 0 Å². The van der Waals surface area contributed by atoms with Gasteiger partial charge in [0.2, 0.25) is 0 Å². The van der Waals surface area contributed by atoms with Crippen molar-refractivity contribution in [1.29, 1.82) is 0 Å². The minimum Gasteiger partial charge on any atom is -0.291 e. The molecular formula is C18H23F3N4S. The second-order valence-electron chi connectivity index (χ2n) is 7.47. The van der Waals surface area contributed by atoms with Crippen LogP contribution in [0.3, 0.4) is 0 Å². The highest BCUT2D eigenvalue weighted by molar-refractivity contribution is 7.99. The molecule has 0 saturated carbocycles. The molecule has 26 heavy (non-hydrogen) atoms. The predicted molar refractivity (Wildman–Crippen MR) is 96.5 cm³/mol. The van der Waals surface area contributed by atoms with Crippen LogP contribution < -0.4 is 0 Å². The number of likely N-dealkylation sites (tertiary alicyclic amines) is 1. The molecule has 2 fully saturated rings. The van der Waals surface area contributed by atoms with Gasteiger partial charge in [0, 0.05) is 23.6 Å². The summed E-state index contributed by atoms with van der Waals surface area (Å²) in [6.07, 6.45) is -1.29. The zero-order chi connectivity index (χ0) is 18.5. The summed E-state index contributed by atoms with van der Waals surface area (Å²) in [4.78, 5) is 6.88. The number of nitrogens with zero attached hydrogens (tertiary/aromatic N) is 4. The fourth-order valence-corrected chi connectivity index (χ4v) is 5.24. The van der Waals surface area contributed by atoms with Crippen molar-refractivity contribution >= 4 is 17.4 Å². The van der Waals surface area contributed by atoms with E-state index in [4.69, 9.17) is 0 Å². The molecule has 2 aromatic heterocycles. The Kier molecular flexibility index (Phi) is 4.67. The molecule has 2 aromatic rings. The summed E-state index contributed by atoms with van der Waals surface area (Å²) in [5.74, 6) is 2.20. The number of rotatable bonds is 3. The molecule has 0 N–H and O–H groups in total. The fourth-order valence-electron chi connectivity index (χ4n) is 4.00. The van der Waals surface area contributed by atoms with Crippen molar-refractivity contribution in [2.24, 2.45) is 0 Å². The lowest BCUT2D eigenvalue weighted by atomic mass is 10.1. The first-order valence-corrected chi connectivity index (χ1v) is 10.3. The molecule has 4 nitrogen and oxygen atoms in total. The molecule has 4 heterocycles. The van der Waals surface area contributed by atoms with Crippen LogP contribution in [0, 0.1) is 0 Å². The van der Waals surface area contributed by atoms with Gasteiger partial charge in [-0.25, -0.2) is 9.50 Å². The standard InChI is InChI=1S/C18H23F3N4S/c1-11(2)13-8-16(18(19,20)21)25-17(22-13)9-14(23-25)15-4-3-6-24(15)12-5-7-26-10-12/h8-9,11-12,15H,3-7,10H2,1-2H3/t12-,15-/m0/s1.